The van der Waals surface area contributed by atoms with Gasteiger partial charge in [0, 0.05) is 5.56 Å². The van der Waals surface area contributed by atoms with E-state index in [1.807, 2.05) is 0 Å². The molecule has 5 nitrogen and oxygen atoms in total. The standard InChI is InChI=1S/C16H19FO5S/c1-9(2)21-14-13(16(3,4)22-15(14)18)10-5-6-11(8-23(19)20)12(17)7-10/h5-7,9,23H,8H2,1-4H3. The van der Waals surface area contributed by atoms with Gasteiger partial charge in [-0.25, -0.2) is 17.6 Å². The Kier molecular flexibility index (Phi) is 4.79. The topological polar surface area (TPSA) is 69.7 Å². The van der Waals surface area contributed by atoms with Crippen molar-refractivity contribution in [1.29, 1.82) is 0 Å². The van der Waals surface area contributed by atoms with Gasteiger partial charge in [0.25, 0.3) is 0 Å². The van der Waals surface area contributed by atoms with Crippen LogP contribution in [0.5, 0.6) is 0 Å². The number of ether oxygens (including phenoxy) is 2. The summed E-state index contributed by atoms with van der Waals surface area (Å²) in [6.45, 7) is 6.93. The maximum Gasteiger partial charge on any atom is 0.374 e. The van der Waals surface area contributed by atoms with E-state index in [2.05, 4.69) is 0 Å². The predicted molar refractivity (Wildman–Crippen MR) is 83.7 cm³/mol. The quantitative estimate of drug-likeness (QED) is 0.657. The van der Waals surface area contributed by atoms with Crippen LogP contribution in [0.15, 0.2) is 24.0 Å². The minimum Gasteiger partial charge on any atom is -0.484 e. The van der Waals surface area contributed by atoms with Gasteiger partial charge in [-0.05, 0) is 39.3 Å². The van der Waals surface area contributed by atoms with E-state index >= 15 is 0 Å². The first-order chi connectivity index (χ1) is 10.6. The smallest absolute Gasteiger partial charge is 0.374 e. The fourth-order valence-corrected chi connectivity index (χ4v) is 3.03. The number of thiol groups is 1. The molecule has 1 aromatic carbocycles. The predicted octanol–water partition coefficient (Wildman–Crippen LogP) is 2.41. The Morgan fingerprint density at radius 2 is 1.96 bits per heavy atom. The van der Waals surface area contributed by atoms with Crippen LogP contribution in [0.2, 0.25) is 0 Å². The second-order valence-electron chi connectivity index (χ2n) is 6.07. The Labute approximate surface area is 136 Å². The van der Waals surface area contributed by atoms with E-state index in [-0.39, 0.29) is 23.2 Å². The van der Waals surface area contributed by atoms with Gasteiger partial charge in [-0.3, -0.25) is 0 Å². The number of rotatable bonds is 5. The lowest BCUT2D eigenvalue weighted by Gasteiger charge is -2.21. The van der Waals surface area contributed by atoms with Crippen molar-refractivity contribution in [2.75, 3.05) is 0 Å². The number of hydrogen-bond donors (Lipinski definition) is 1. The maximum atomic E-state index is 14.1. The average molecular weight is 342 g/mol. The molecule has 0 aliphatic carbocycles. The molecular weight excluding hydrogens is 323 g/mol. The Balaban J connectivity index is 2.54. The molecule has 0 saturated heterocycles. The maximum absolute atomic E-state index is 14.1. The summed E-state index contributed by atoms with van der Waals surface area (Å²) in [6.07, 6.45) is -0.241. The van der Waals surface area contributed by atoms with Crippen LogP contribution in [0.4, 0.5) is 4.39 Å². The number of carbonyl (C=O) groups is 1. The highest BCUT2D eigenvalue weighted by Crippen LogP contribution is 2.40. The van der Waals surface area contributed by atoms with Gasteiger partial charge in [-0.15, -0.1) is 0 Å². The molecule has 1 aliphatic heterocycles. The first-order valence-electron chi connectivity index (χ1n) is 7.17. The number of halogens is 1. The lowest BCUT2D eigenvalue weighted by molar-refractivity contribution is -0.147. The Morgan fingerprint density at radius 1 is 1.30 bits per heavy atom. The monoisotopic (exact) mass is 342 g/mol. The van der Waals surface area contributed by atoms with Crippen LogP contribution in [0, 0.1) is 5.82 Å². The summed E-state index contributed by atoms with van der Waals surface area (Å²) in [5.41, 5.74) is 0.00532. The van der Waals surface area contributed by atoms with Crippen molar-refractivity contribution in [2.45, 2.75) is 45.2 Å². The third kappa shape index (κ3) is 3.72. The molecule has 0 radical (unpaired) electrons. The summed E-state index contributed by atoms with van der Waals surface area (Å²) in [7, 11) is -2.72. The number of cyclic esters (lactones) is 1. The Hall–Kier alpha value is -1.89. The zero-order valence-electron chi connectivity index (χ0n) is 13.4. The third-order valence-electron chi connectivity index (χ3n) is 3.36. The van der Waals surface area contributed by atoms with E-state index in [0.717, 1.165) is 0 Å². The lowest BCUT2D eigenvalue weighted by atomic mass is 9.91. The molecule has 7 heteroatoms. The largest absolute Gasteiger partial charge is 0.484 e. The van der Waals surface area contributed by atoms with Crippen LogP contribution >= 0.6 is 0 Å². The third-order valence-corrected chi connectivity index (χ3v) is 3.96. The first kappa shape index (κ1) is 17.5. The summed E-state index contributed by atoms with van der Waals surface area (Å²) in [5.74, 6) is -1.54. The van der Waals surface area contributed by atoms with Crippen LogP contribution in [0.1, 0.15) is 38.8 Å². The van der Waals surface area contributed by atoms with E-state index < -0.39 is 28.1 Å². The van der Waals surface area contributed by atoms with Crippen molar-refractivity contribution in [3.8, 4) is 0 Å². The molecule has 23 heavy (non-hydrogen) atoms. The van der Waals surface area contributed by atoms with E-state index in [4.69, 9.17) is 9.47 Å². The summed E-state index contributed by atoms with van der Waals surface area (Å²) in [4.78, 5) is 12.0. The molecule has 1 aromatic rings. The van der Waals surface area contributed by atoms with E-state index in [1.165, 1.54) is 12.1 Å². The SMILES string of the molecule is CC(C)OC1=C(c2ccc(C[SH](=O)=O)c(F)c2)C(C)(C)OC1=O. The summed E-state index contributed by atoms with van der Waals surface area (Å²) in [5, 5.41) is 0. The fourth-order valence-electron chi connectivity index (χ4n) is 2.50. The zero-order chi connectivity index (χ0) is 17.4. The fraction of sp³-hybridized carbons (Fsp3) is 0.438. The first-order valence-corrected chi connectivity index (χ1v) is 8.53. The summed E-state index contributed by atoms with van der Waals surface area (Å²) >= 11 is 0. The lowest BCUT2D eigenvalue weighted by Crippen LogP contribution is -2.22. The second-order valence-corrected chi connectivity index (χ2v) is 7.05. The molecule has 1 heterocycles. The van der Waals surface area contributed by atoms with Crippen molar-refractivity contribution in [2.24, 2.45) is 0 Å². The summed E-state index contributed by atoms with van der Waals surface area (Å²) < 4.78 is 46.5. The number of carbonyl (C=O) groups excluding carboxylic acids is 1. The second kappa shape index (κ2) is 6.31. The molecule has 0 N–H and O–H groups in total. The molecule has 0 spiro atoms. The van der Waals surface area contributed by atoms with Gasteiger partial charge in [-0.1, -0.05) is 12.1 Å². The Morgan fingerprint density at radius 3 is 2.48 bits per heavy atom. The molecule has 0 atom stereocenters. The highest BCUT2D eigenvalue weighted by Gasteiger charge is 2.43. The van der Waals surface area contributed by atoms with Crippen LogP contribution in [0.25, 0.3) is 5.57 Å². The van der Waals surface area contributed by atoms with Gasteiger partial charge in [0.15, 0.2) is 0 Å². The van der Waals surface area contributed by atoms with Crippen LogP contribution in [-0.2, 0) is 30.7 Å². The van der Waals surface area contributed by atoms with E-state index in [0.29, 0.717) is 11.1 Å². The summed E-state index contributed by atoms with van der Waals surface area (Å²) in [6, 6.07) is 4.17. The minimum absolute atomic E-state index is 0.0621. The molecule has 0 saturated carbocycles. The van der Waals surface area contributed by atoms with Crippen molar-refractivity contribution in [1.82, 2.24) is 0 Å². The molecule has 0 aromatic heterocycles. The van der Waals surface area contributed by atoms with Crippen molar-refractivity contribution in [3.63, 3.8) is 0 Å². The zero-order valence-corrected chi connectivity index (χ0v) is 14.3. The van der Waals surface area contributed by atoms with E-state index in [9.17, 15) is 17.6 Å². The van der Waals surface area contributed by atoms with Gasteiger partial charge in [0.05, 0.1) is 17.4 Å². The molecule has 0 bridgehead atoms. The highest BCUT2D eigenvalue weighted by atomic mass is 32.2. The van der Waals surface area contributed by atoms with Gasteiger partial charge in [0.2, 0.25) is 5.76 Å². The molecule has 0 fully saturated rings. The molecule has 0 amide bonds. The number of hydrogen-bond acceptors (Lipinski definition) is 5. The van der Waals surface area contributed by atoms with Crippen LogP contribution < -0.4 is 0 Å². The molecule has 2 rings (SSSR count). The molecular formula is C16H19FO5S. The number of esters is 1. The Bertz CT molecular complexity index is 739. The van der Waals surface area contributed by atoms with Gasteiger partial charge >= 0.3 is 5.97 Å². The van der Waals surface area contributed by atoms with Gasteiger partial charge in [0.1, 0.15) is 22.1 Å². The van der Waals surface area contributed by atoms with Gasteiger partial charge < -0.3 is 9.47 Å². The average Bonchev–Trinajstić information content (AvgIpc) is 2.60. The molecule has 1 aliphatic rings. The molecule has 126 valence electrons. The minimum atomic E-state index is -2.72. The number of benzene rings is 1. The molecule has 0 unspecified atom stereocenters. The van der Waals surface area contributed by atoms with Crippen LogP contribution in [-0.4, -0.2) is 26.1 Å². The van der Waals surface area contributed by atoms with Crippen molar-refractivity contribution < 1.29 is 27.1 Å². The van der Waals surface area contributed by atoms with E-state index in [1.54, 1.807) is 33.8 Å². The van der Waals surface area contributed by atoms with Gasteiger partial charge in [-0.2, -0.15) is 0 Å². The highest BCUT2D eigenvalue weighted by molar-refractivity contribution is 7.71. The normalized spacial score (nSPS) is 17.1. The van der Waals surface area contributed by atoms with Crippen LogP contribution in [0.3, 0.4) is 0 Å². The van der Waals surface area contributed by atoms with Crippen molar-refractivity contribution in [3.05, 3.63) is 40.9 Å². The van der Waals surface area contributed by atoms with Crippen molar-refractivity contribution >= 4 is 22.2 Å².